The van der Waals surface area contributed by atoms with Crippen LogP contribution >= 0.6 is 24.0 Å². The molecule has 3 rings (SSSR count). The molecular weight excluding hydrogens is 311 g/mol. The molecule has 0 bridgehead atoms. The minimum Gasteiger partial charge on any atom is -0.378 e. The summed E-state index contributed by atoms with van der Waals surface area (Å²) in [5, 5.41) is 7.18. The Kier molecular flexibility index (Phi) is 5.49. The van der Waals surface area contributed by atoms with Crippen LogP contribution in [0.2, 0.25) is 5.02 Å². The Morgan fingerprint density at radius 3 is 2.90 bits per heavy atom. The molecule has 1 amide bonds. The summed E-state index contributed by atoms with van der Waals surface area (Å²) >= 11 is 6.03. The Bertz CT molecular complexity index is 500. The first-order chi connectivity index (χ1) is 9.68. The Hall–Kier alpha value is -0.810. The number of carbonyl (C=O) groups is 1. The van der Waals surface area contributed by atoms with E-state index in [0.717, 1.165) is 31.6 Å². The summed E-state index contributed by atoms with van der Waals surface area (Å²) < 4.78 is 5.37. The number of benzene rings is 1. The molecule has 1 aliphatic carbocycles. The Morgan fingerprint density at radius 2 is 2.29 bits per heavy atom. The van der Waals surface area contributed by atoms with Crippen LogP contribution in [0.5, 0.6) is 0 Å². The van der Waals surface area contributed by atoms with Crippen LogP contribution in [0.25, 0.3) is 0 Å². The van der Waals surface area contributed by atoms with Crippen LogP contribution in [0.4, 0.5) is 0 Å². The summed E-state index contributed by atoms with van der Waals surface area (Å²) in [5.41, 5.74) is 0.906. The zero-order valence-corrected chi connectivity index (χ0v) is 13.3. The average Bonchev–Trinajstić information content (AvgIpc) is 3.20. The second kappa shape index (κ2) is 6.97. The molecule has 6 heteroatoms. The maximum absolute atomic E-state index is 12.2. The quantitative estimate of drug-likeness (QED) is 0.890. The van der Waals surface area contributed by atoms with Gasteiger partial charge in [0.15, 0.2) is 0 Å². The van der Waals surface area contributed by atoms with Gasteiger partial charge in [0.05, 0.1) is 18.8 Å². The molecule has 2 fully saturated rings. The van der Waals surface area contributed by atoms with Gasteiger partial charge in [-0.05, 0) is 30.5 Å². The molecule has 116 valence electrons. The molecule has 1 saturated carbocycles. The summed E-state index contributed by atoms with van der Waals surface area (Å²) in [6.07, 6.45) is 2.42. The van der Waals surface area contributed by atoms with Gasteiger partial charge in [-0.2, -0.15) is 0 Å². The molecule has 1 heterocycles. The van der Waals surface area contributed by atoms with E-state index in [1.807, 2.05) is 24.3 Å². The lowest BCUT2D eigenvalue weighted by molar-refractivity contribution is -0.123. The van der Waals surface area contributed by atoms with E-state index in [1.165, 1.54) is 0 Å². The number of halogens is 2. The van der Waals surface area contributed by atoms with Crippen LogP contribution in [0, 0.1) is 0 Å². The van der Waals surface area contributed by atoms with E-state index < -0.39 is 0 Å². The van der Waals surface area contributed by atoms with E-state index in [0.29, 0.717) is 18.1 Å². The van der Waals surface area contributed by atoms with E-state index in [4.69, 9.17) is 16.3 Å². The van der Waals surface area contributed by atoms with Crippen molar-refractivity contribution in [3.05, 3.63) is 34.9 Å². The molecule has 1 saturated heterocycles. The molecule has 21 heavy (non-hydrogen) atoms. The topological polar surface area (TPSA) is 50.4 Å². The summed E-state index contributed by atoms with van der Waals surface area (Å²) in [7, 11) is 0. The van der Waals surface area contributed by atoms with Crippen molar-refractivity contribution in [3.63, 3.8) is 0 Å². The van der Waals surface area contributed by atoms with E-state index in [2.05, 4.69) is 10.6 Å². The van der Waals surface area contributed by atoms with Crippen LogP contribution in [0.15, 0.2) is 24.3 Å². The number of hydrogen-bond donors (Lipinski definition) is 2. The number of hydrogen-bond acceptors (Lipinski definition) is 3. The summed E-state index contributed by atoms with van der Waals surface area (Å²) in [5.74, 6) is 0.0745. The predicted molar refractivity (Wildman–Crippen MR) is 85.0 cm³/mol. The number of rotatable bonds is 4. The number of ether oxygens (including phenoxy) is 1. The standard InChI is InChI=1S/C15H19ClN2O2.ClH/c16-12-3-1-2-11(8-12)15(4-5-15)18-14(19)9-13-10-20-7-6-17-13;/h1-3,8,13,17H,4-7,9-10H2,(H,18,19);1H. The van der Waals surface area contributed by atoms with Crippen molar-refractivity contribution >= 4 is 29.9 Å². The lowest BCUT2D eigenvalue weighted by Gasteiger charge is -2.25. The van der Waals surface area contributed by atoms with Gasteiger partial charge < -0.3 is 15.4 Å². The van der Waals surface area contributed by atoms with Gasteiger partial charge in [0.2, 0.25) is 5.91 Å². The van der Waals surface area contributed by atoms with Crippen molar-refractivity contribution in [2.75, 3.05) is 19.8 Å². The maximum Gasteiger partial charge on any atom is 0.222 e. The molecule has 1 atom stereocenters. The van der Waals surface area contributed by atoms with E-state index >= 15 is 0 Å². The monoisotopic (exact) mass is 330 g/mol. The first kappa shape index (κ1) is 16.6. The second-order valence-electron chi connectivity index (χ2n) is 5.57. The zero-order valence-electron chi connectivity index (χ0n) is 11.7. The Labute approximate surface area is 136 Å². The van der Waals surface area contributed by atoms with Gasteiger partial charge in [-0.3, -0.25) is 4.79 Å². The zero-order chi connectivity index (χ0) is 14.0. The Morgan fingerprint density at radius 1 is 1.48 bits per heavy atom. The van der Waals surface area contributed by atoms with Gasteiger partial charge in [0, 0.05) is 24.0 Å². The number of carbonyl (C=O) groups excluding carboxylic acids is 1. The summed E-state index contributed by atoms with van der Waals surface area (Å²) in [6, 6.07) is 7.88. The van der Waals surface area contributed by atoms with Gasteiger partial charge in [-0.1, -0.05) is 23.7 Å². The molecule has 0 spiro atoms. The van der Waals surface area contributed by atoms with Crippen LogP contribution in [0.1, 0.15) is 24.8 Å². The Balaban J connectivity index is 0.00000161. The molecule has 0 aromatic heterocycles. The highest BCUT2D eigenvalue weighted by Gasteiger charge is 2.45. The molecule has 2 N–H and O–H groups in total. The third-order valence-corrected chi connectivity index (χ3v) is 4.17. The van der Waals surface area contributed by atoms with E-state index in [9.17, 15) is 4.79 Å². The molecule has 1 unspecified atom stereocenters. The number of amides is 1. The predicted octanol–water partition coefficient (Wildman–Crippen LogP) is 2.25. The third-order valence-electron chi connectivity index (χ3n) is 3.94. The fourth-order valence-corrected chi connectivity index (χ4v) is 2.88. The fraction of sp³-hybridized carbons (Fsp3) is 0.533. The van der Waals surface area contributed by atoms with Crippen LogP contribution in [0.3, 0.4) is 0 Å². The van der Waals surface area contributed by atoms with Crippen molar-refractivity contribution in [3.8, 4) is 0 Å². The highest BCUT2D eigenvalue weighted by Crippen LogP contribution is 2.46. The molecule has 2 aliphatic rings. The molecule has 4 nitrogen and oxygen atoms in total. The highest BCUT2D eigenvalue weighted by molar-refractivity contribution is 6.30. The normalized spacial score (nSPS) is 23.0. The van der Waals surface area contributed by atoms with Crippen LogP contribution < -0.4 is 10.6 Å². The van der Waals surface area contributed by atoms with Gasteiger partial charge in [-0.25, -0.2) is 0 Å². The van der Waals surface area contributed by atoms with Crippen molar-refractivity contribution in [2.24, 2.45) is 0 Å². The maximum atomic E-state index is 12.2. The largest absolute Gasteiger partial charge is 0.378 e. The van der Waals surface area contributed by atoms with Crippen molar-refractivity contribution in [1.29, 1.82) is 0 Å². The van der Waals surface area contributed by atoms with Crippen molar-refractivity contribution < 1.29 is 9.53 Å². The minimum absolute atomic E-state index is 0. The SMILES string of the molecule is Cl.O=C(CC1COCCN1)NC1(c2cccc(Cl)c2)CC1. The lowest BCUT2D eigenvalue weighted by Crippen LogP contribution is -2.45. The molecule has 1 aromatic rings. The lowest BCUT2D eigenvalue weighted by atomic mass is 10.0. The number of morpholine rings is 1. The first-order valence-electron chi connectivity index (χ1n) is 7.06. The van der Waals surface area contributed by atoms with E-state index in [1.54, 1.807) is 0 Å². The molecule has 0 radical (unpaired) electrons. The van der Waals surface area contributed by atoms with Gasteiger partial charge in [0.25, 0.3) is 0 Å². The fourth-order valence-electron chi connectivity index (χ4n) is 2.69. The van der Waals surface area contributed by atoms with Gasteiger partial charge >= 0.3 is 0 Å². The molecule has 1 aromatic carbocycles. The minimum atomic E-state index is -0.197. The first-order valence-corrected chi connectivity index (χ1v) is 7.44. The molecular formula is C15H20Cl2N2O2. The third kappa shape index (κ3) is 4.10. The van der Waals surface area contributed by atoms with E-state index in [-0.39, 0.29) is 29.9 Å². The smallest absolute Gasteiger partial charge is 0.222 e. The second-order valence-corrected chi connectivity index (χ2v) is 6.01. The van der Waals surface area contributed by atoms with Crippen LogP contribution in [-0.2, 0) is 15.1 Å². The highest BCUT2D eigenvalue weighted by atomic mass is 35.5. The van der Waals surface area contributed by atoms with Gasteiger partial charge in [0.1, 0.15) is 0 Å². The average molecular weight is 331 g/mol. The van der Waals surface area contributed by atoms with Gasteiger partial charge in [-0.15, -0.1) is 12.4 Å². The number of nitrogens with one attached hydrogen (secondary N) is 2. The summed E-state index contributed by atoms with van der Waals surface area (Å²) in [6.45, 7) is 2.15. The summed E-state index contributed by atoms with van der Waals surface area (Å²) in [4.78, 5) is 12.2. The van der Waals surface area contributed by atoms with Crippen molar-refractivity contribution in [2.45, 2.75) is 30.8 Å². The molecule has 1 aliphatic heterocycles. The van der Waals surface area contributed by atoms with Crippen molar-refractivity contribution in [1.82, 2.24) is 10.6 Å². The van der Waals surface area contributed by atoms with Crippen LogP contribution in [-0.4, -0.2) is 31.7 Å².